The average Bonchev–Trinajstić information content (AvgIpc) is 3.14. The summed E-state index contributed by atoms with van der Waals surface area (Å²) < 4.78 is 1.99. The first-order valence-electron chi connectivity index (χ1n) is 6.66. The van der Waals surface area contributed by atoms with Crippen molar-refractivity contribution in [3.63, 3.8) is 0 Å². The van der Waals surface area contributed by atoms with Crippen LogP contribution in [0.3, 0.4) is 0 Å². The fraction of sp³-hybridized carbons (Fsp3) is 0.462. The van der Waals surface area contributed by atoms with E-state index in [-0.39, 0.29) is 0 Å². The predicted molar refractivity (Wildman–Crippen MR) is 81.8 cm³/mol. The Morgan fingerprint density at radius 3 is 2.85 bits per heavy atom. The highest BCUT2D eigenvalue weighted by Gasteiger charge is 1.98. The van der Waals surface area contributed by atoms with Crippen molar-refractivity contribution in [3.8, 4) is 0 Å². The molecule has 0 aromatic carbocycles. The van der Waals surface area contributed by atoms with E-state index in [1.165, 1.54) is 5.56 Å². The van der Waals surface area contributed by atoms with Crippen LogP contribution in [-0.2, 0) is 13.1 Å². The number of rotatable bonds is 7. The molecule has 0 radical (unpaired) electrons. The summed E-state index contributed by atoms with van der Waals surface area (Å²) >= 11 is 1.71. The maximum absolute atomic E-state index is 4.21. The zero-order valence-electron chi connectivity index (χ0n) is 11.6. The standard InChI is InChI=1S/C13H20N6S/c1-14-13(16-8-12-4-7-20-9-12)15-5-2-3-6-19-10-17-18-11-19/h4,7,9-11H,2-3,5-6,8H2,1H3,(H2,14,15,16). The molecule has 0 bridgehead atoms. The smallest absolute Gasteiger partial charge is 0.191 e. The SMILES string of the molecule is CN=C(NCCCCn1cnnc1)NCc1ccsc1. The molecule has 0 spiro atoms. The van der Waals surface area contributed by atoms with Gasteiger partial charge in [-0.15, -0.1) is 10.2 Å². The number of guanidine groups is 1. The average molecular weight is 292 g/mol. The topological polar surface area (TPSA) is 67.1 Å². The number of nitrogens with one attached hydrogen (secondary N) is 2. The molecule has 2 aromatic rings. The van der Waals surface area contributed by atoms with Crippen LogP contribution in [0.2, 0.25) is 0 Å². The Morgan fingerprint density at radius 1 is 1.30 bits per heavy atom. The number of nitrogens with zero attached hydrogens (tertiary/aromatic N) is 4. The Hall–Kier alpha value is -1.89. The van der Waals surface area contributed by atoms with E-state index in [2.05, 4.69) is 42.6 Å². The van der Waals surface area contributed by atoms with E-state index < -0.39 is 0 Å². The van der Waals surface area contributed by atoms with Gasteiger partial charge in [0.2, 0.25) is 0 Å². The summed E-state index contributed by atoms with van der Waals surface area (Å²) in [6, 6.07) is 2.12. The Morgan fingerprint density at radius 2 is 2.15 bits per heavy atom. The van der Waals surface area contributed by atoms with Gasteiger partial charge in [-0.1, -0.05) is 0 Å². The van der Waals surface area contributed by atoms with Gasteiger partial charge in [-0.05, 0) is 35.2 Å². The Bertz CT molecular complexity index is 491. The summed E-state index contributed by atoms with van der Waals surface area (Å²) in [7, 11) is 1.79. The molecule has 0 aliphatic heterocycles. The zero-order valence-corrected chi connectivity index (χ0v) is 12.4. The first-order chi connectivity index (χ1) is 9.88. The van der Waals surface area contributed by atoms with Gasteiger partial charge in [0.15, 0.2) is 5.96 Å². The first kappa shape index (κ1) is 14.5. The van der Waals surface area contributed by atoms with Crippen LogP contribution in [0, 0.1) is 0 Å². The van der Waals surface area contributed by atoms with E-state index >= 15 is 0 Å². The van der Waals surface area contributed by atoms with E-state index in [1.807, 2.05) is 4.57 Å². The van der Waals surface area contributed by atoms with Gasteiger partial charge in [-0.2, -0.15) is 11.3 Å². The second kappa shape index (κ2) is 8.31. The molecule has 6 nitrogen and oxygen atoms in total. The molecule has 0 aliphatic rings. The summed E-state index contributed by atoms with van der Waals surface area (Å²) in [5, 5.41) is 18.4. The molecule has 0 saturated carbocycles. The van der Waals surface area contributed by atoms with Crippen molar-refractivity contribution in [2.75, 3.05) is 13.6 Å². The van der Waals surface area contributed by atoms with Gasteiger partial charge in [-0.3, -0.25) is 4.99 Å². The van der Waals surface area contributed by atoms with Gasteiger partial charge in [-0.25, -0.2) is 0 Å². The molecule has 2 aromatic heterocycles. The third kappa shape index (κ3) is 5.00. The van der Waals surface area contributed by atoms with Crippen LogP contribution in [-0.4, -0.2) is 34.3 Å². The maximum atomic E-state index is 4.21. The number of unbranched alkanes of at least 4 members (excludes halogenated alkanes) is 1. The molecule has 2 rings (SSSR count). The van der Waals surface area contributed by atoms with E-state index in [4.69, 9.17) is 0 Å². The first-order valence-corrected chi connectivity index (χ1v) is 7.61. The molecule has 0 atom stereocenters. The second-order valence-electron chi connectivity index (χ2n) is 4.39. The van der Waals surface area contributed by atoms with Crippen LogP contribution in [0.1, 0.15) is 18.4 Å². The number of hydrogen-bond acceptors (Lipinski definition) is 4. The summed E-state index contributed by atoms with van der Waals surface area (Å²) in [6.07, 6.45) is 5.66. The third-order valence-electron chi connectivity index (χ3n) is 2.87. The maximum Gasteiger partial charge on any atom is 0.191 e. The molecule has 0 aliphatic carbocycles. The minimum atomic E-state index is 0.809. The van der Waals surface area contributed by atoms with Crippen LogP contribution in [0.15, 0.2) is 34.5 Å². The lowest BCUT2D eigenvalue weighted by atomic mass is 10.3. The monoisotopic (exact) mass is 292 g/mol. The highest BCUT2D eigenvalue weighted by molar-refractivity contribution is 7.07. The molecule has 0 unspecified atom stereocenters. The number of aromatic nitrogens is 3. The molecule has 0 amide bonds. The minimum absolute atomic E-state index is 0.809. The number of thiophene rings is 1. The number of aryl methyl sites for hydroxylation is 1. The fourth-order valence-electron chi connectivity index (χ4n) is 1.76. The van der Waals surface area contributed by atoms with Gasteiger partial charge in [0.05, 0.1) is 0 Å². The lowest BCUT2D eigenvalue weighted by Crippen LogP contribution is -2.37. The third-order valence-corrected chi connectivity index (χ3v) is 3.60. The molecule has 0 saturated heterocycles. The molecular weight excluding hydrogens is 272 g/mol. The normalized spacial score (nSPS) is 11.6. The minimum Gasteiger partial charge on any atom is -0.356 e. The molecular formula is C13H20N6S. The van der Waals surface area contributed by atoms with Crippen molar-refractivity contribution in [2.24, 2.45) is 4.99 Å². The van der Waals surface area contributed by atoms with E-state index in [1.54, 1.807) is 31.0 Å². The molecule has 7 heteroatoms. The quantitative estimate of drug-likeness (QED) is 0.461. The molecule has 0 fully saturated rings. The highest BCUT2D eigenvalue weighted by atomic mass is 32.1. The van der Waals surface area contributed by atoms with Gasteiger partial charge < -0.3 is 15.2 Å². The lowest BCUT2D eigenvalue weighted by molar-refractivity contribution is 0.597. The zero-order chi connectivity index (χ0) is 14.0. The largest absolute Gasteiger partial charge is 0.356 e. The highest BCUT2D eigenvalue weighted by Crippen LogP contribution is 2.04. The van der Waals surface area contributed by atoms with Gasteiger partial charge in [0.25, 0.3) is 0 Å². The molecule has 108 valence electrons. The summed E-state index contributed by atoms with van der Waals surface area (Å²) in [4.78, 5) is 4.21. The number of aliphatic imine (C=N–C) groups is 1. The van der Waals surface area contributed by atoms with Crippen LogP contribution in [0.25, 0.3) is 0 Å². The molecule has 20 heavy (non-hydrogen) atoms. The van der Waals surface area contributed by atoms with Crippen LogP contribution >= 0.6 is 11.3 Å². The summed E-state index contributed by atoms with van der Waals surface area (Å²) in [6.45, 7) is 2.67. The predicted octanol–water partition coefficient (Wildman–Crippen LogP) is 1.48. The van der Waals surface area contributed by atoms with Crippen LogP contribution in [0.5, 0.6) is 0 Å². The van der Waals surface area contributed by atoms with Gasteiger partial charge in [0.1, 0.15) is 12.7 Å². The summed E-state index contributed by atoms with van der Waals surface area (Å²) in [5.41, 5.74) is 1.28. The number of hydrogen-bond donors (Lipinski definition) is 2. The van der Waals surface area contributed by atoms with Crippen LogP contribution < -0.4 is 10.6 Å². The van der Waals surface area contributed by atoms with Crippen molar-refractivity contribution in [3.05, 3.63) is 35.0 Å². The van der Waals surface area contributed by atoms with E-state index in [0.717, 1.165) is 38.4 Å². The van der Waals surface area contributed by atoms with E-state index in [0.29, 0.717) is 0 Å². The van der Waals surface area contributed by atoms with Crippen molar-refractivity contribution >= 4 is 17.3 Å². The lowest BCUT2D eigenvalue weighted by Gasteiger charge is -2.11. The Labute approximate surface area is 123 Å². The van der Waals surface area contributed by atoms with Gasteiger partial charge in [0, 0.05) is 26.7 Å². The van der Waals surface area contributed by atoms with Crippen molar-refractivity contribution in [2.45, 2.75) is 25.9 Å². The molecule has 2 heterocycles. The fourth-order valence-corrected chi connectivity index (χ4v) is 2.43. The van der Waals surface area contributed by atoms with Crippen molar-refractivity contribution in [1.29, 1.82) is 0 Å². The Balaban J connectivity index is 1.57. The van der Waals surface area contributed by atoms with Crippen molar-refractivity contribution < 1.29 is 0 Å². The molecule has 2 N–H and O–H groups in total. The van der Waals surface area contributed by atoms with E-state index in [9.17, 15) is 0 Å². The van der Waals surface area contributed by atoms with Gasteiger partial charge >= 0.3 is 0 Å². The summed E-state index contributed by atoms with van der Waals surface area (Å²) in [5.74, 6) is 0.848. The Kier molecular flexibility index (Phi) is 6.04. The van der Waals surface area contributed by atoms with Crippen molar-refractivity contribution in [1.82, 2.24) is 25.4 Å². The second-order valence-corrected chi connectivity index (χ2v) is 5.17. The van der Waals surface area contributed by atoms with Crippen LogP contribution in [0.4, 0.5) is 0 Å².